The Balaban J connectivity index is 2.15. The van der Waals surface area contributed by atoms with Gasteiger partial charge in [-0.2, -0.15) is 0 Å². The summed E-state index contributed by atoms with van der Waals surface area (Å²) in [5.41, 5.74) is 1.55. The lowest BCUT2D eigenvalue weighted by Crippen LogP contribution is -2.40. The van der Waals surface area contributed by atoms with Crippen molar-refractivity contribution in [3.05, 3.63) is 58.6 Å². The topological polar surface area (TPSA) is 24.1 Å². The fraction of sp³-hybridized carbons (Fsp3) is 0.143. The molecule has 0 amide bonds. The van der Waals surface area contributed by atoms with Crippen LogP contribution < -0.4 is 10.6 Å². The summed E-state index contributed by atoms with van der Waals surface area (Å²) in [7, 11) is 0. The summed E-state index contributed by atoms with van der Waals surface area (Å²) in [5.74, 6) is 0. The molecular weight excluding hydrogens is 373 g/mol. The van der Waals surface area contributed by atoms with Gasteiger partial charge in [0.2, 0.25) is 3.79 Å². The van der Waals surface area contributed by atoms with Crippen LogP contribution in [0.15, 0.2) is 48.5 Å². The maximum absolute atomic E-state index is 6.02. The van der Waals surface area contributed by atoms with E-state index in [1.807, 2.05) is 0 Å². The van der Waals surface area contributed by atoms with Crippen molar-refractivity contribution < 1.29 is 0 Å². The predicted octanol–water partition coefficient (Wildman–Crippen LogP) is 6.21. The maximum atomic E-state index is 6.02. The third-order valence-electron chi connectivity index (χ3n) is 2.64. The highest BCUT2D eigenvalue weighted by Crippen LogP contribution is 2.33. The molecule has 0 aliphatic heterocycles. The Morgan fingerprint density at radius 2 is 1.00 bits per heavy atom. The second-order valence-corrected chi connectivity index (χ2v) is 7.52. The molecule has 0 radical (unpaired) electrons. The second kappa shape index (κ2) is 7.17. The minimum absolute atomic E-state index is 0.634. The van der Waals surface area contributed by atoms with Gasteiger partial charge in [0, 0.05) is 21.4 Å². The van der Waals surface area contributed by atoms with Gasteiger partial charge in [-0.3, -0.25) is 0 Å². The molecule has 2 aromatic carbocycles. The van der Waals surface area contributed by atoms with Crippen molar-refractivity contribution in [2.45, 2.75) is 9.96 Å². The van der Waals surface area contributed by atoms with Crippen molar-refractivity contribution >= 4 is 69.4 Å². The molecule has 0 aromatic heterocycles. The number of benzene rings is 2. The standard InChI is InChI=1S/C14H11Cl5N2/c15-9-1-5-11(6-2-9)20-13(14(17,18)19)21-12-7-3-10(16)4-8-12/h1-8,13,20-21H. The van der Waals surface area contributed by atoms with Gasteiger partial charge in [-0.15, -0.1) is 0 Å². The molecule has 0 aliphatic rings. The Morgan fingerprint density at radius 3 is 1.29 bits per heavy atom. The van der Waals surface area contributed by atoms with Crippen molar-refractivity contribution in [3.8, 4) is 0 Å². The predicted molar refractivity (Wildman–Crippen MR) is 94.2 cm³/mol. The third-order valence-corrected chi connectivity index (χ3v) is 3.80. The average molecular weight is 385 g/mol. The van der Waals surface area contributed by atoms with E-state index in [1.54, 1.807) is 48.5 Å². The molecular formula is C14H11Cl5N2. The molecule has 21 heavy (non-hydrogen) atoms. The van der Waals surface area contributed by atoms with Crippen LogP contribution in [-0.4, -0.2) is 9.96 Å². The van der Waals surface area contributed by atoms with Crippen LogP contribution in [0.2, 0.25) is 10.0 Å². The monoisotopic (exact) mass is 382 g/mol. The molecule has 0 bridgehead atoms. The number of nitrogens with one attached hydrogen (secondary N) is 2. The molecule has 0 saturated carbocycles. The molecule has 0 unspecified atom stereocenters. The molecule has 0 heterocycles. The fourth-order valence-electron chi connectivity index (χ4n) is 1.63. The van der Waals surface area contributed by atoms with Gasteiger partial charge < -0.3 is 10.6 Å². The van der Waals surface area contributed by atoms with Crippen LogP contribution in [0.25, 0.3) is 0 Å². The zero-order valence-electron chi connectivity index (χ0n) is 10.6. The van der Waals surface area contributed by atoms with Crippen molar-refractivity contribution in [1.82, 2.24) is 0 Å². The van der Waals surface area contributed by atoms with Crippen LogP contribution in [0.4, 0.5) is 11.4 Å². The van der Waals surface area contributed by atoms with Gasteiger partial charge in [0.25, 0.3) is 0 Å². The lowest BCUT2D eigenvalue weighted by molar-refractivity contribution is 0.838. The lowest BCUT2D eigenvalue weighted by Gasteiger charge is -2.28. The van der Waals surface area contributed by atoms with E-state index in [2.05, 4.69) is 10.6 Å². The van der Waals surface area contributed by atoms with Gasteiger partial charge in [-0.05, 0) is 48.5 Å². The molecule has 0 aliphatic carbocycles. The smallest absolute Gasteiger partial charge is 0.228 e. The summed E-state index contributed by atoms with van der Waals surface area (Å²) in [6.07, 6.45) is -0.634. The van der Waals surface area contributed by atoms with Gasteiger partial charge in [0.15, 0.2) is 0 Å². The summed E-state index contributed by atoms with van der Waals surface area (Å²) in [5, 5.41) is 7.49. The molecule has 7 heteroatoms. The van der Waals surface area contributed by atoms with Crippen LogP contribution in [0, 0.1) is 0 Å². The van der Waals surface area contributed by atoms with Gasteiger partial charge in [0.05, 0.1) is 0 Å². The van der Waals surface area contributed by atoms with E-state index in [1.165, 1.54) is 0 Å². The molecule has 2 N–H and O–H groups in total. The Kier molecular flexibility index (Phi) is 5.75. The minimum atomic E-state index is -1.56. The largest absolute Gasteiger partial charge is 0.362 e. The number of halogens is 5. The number of alkyl halides is 3. The summed E-state index contributed by atoms with van der Waals surface area (Å²) >= 11 is 29.7. The molecule has 0 fully saturated rings. The SMILES string of the molecule is Clc1ccc(NC(Nc2ccc(Cl)cc2)C(Cl)(Cl)Cl)cc1. The van der Waals surface area contributed by atoms with Crippen LogP contribution in [0.1, 0.15) is 0 Å². The van der Waals surface area contributed by atoms with Crippen molar-refractivity contribution in [2.24, 2.45) is 0 Å². The van der Waals surface area contributed by atoms with Crippen LogP contribution in [0.3, 0.4) is 0 Å². The van der Waals surface area contributed by atoms with Crippen LogP contribution in [0.5, 0.6) is 0 Å². The van der Waals surface area contributed by atoms with Crippen molar-refractivity contribution in [3.63, 3.8) is 0 Å². The first kappa shape index (κ1) is 16.9. The highest BCUT2D eigenvalue weighted by Gasteiger charge is 2.32. The van der Waals surface area contributed by atoms with Gasteiger partial charge in [0.1, 0.15) is 6.17 Å². The van der Waals surface area contributed by atoms with E-state index in [0.717, 1.165) is 11.4 Å². The lowest BCUT2D eigenvalue weighted by atomic mass is 10.3. The Hall–Kier alpha value is -0.510. The molecule has 0 spiro atoms. The fourth-order valence-corrected chi connectivity index (χ4v) is 2.20. The maximum Gasteiger partial charge on any atom is 0.228 e. The second-order valence-electron chi connectivity index (χ2n) is 4.28. The molecule has 2 aromatic rings. The van der Waals surface area contributed by atoms with E-state index in [9.17, 15) is 0 Å². The summed E-state index contributed by atoms with van der Waals surface area (Å²) in [4.78, 5) is 0. The van der Waals surface area contributed by atoms with E-state index >= 15 is 0 Å². The van der Waals surface area contributed by atoms with E-state index in [0.29, 0.717) is 10.0 Å². The minimum Gasteiger partial charge on any atom is -0.362 e. The molecule has 0 atom stereocenters. The first-order valence-electron chi connectivity index (χ1n) is 5.95. The normalized spacial score (nSPS) is 11.5. The highest BCUT2D eigenvalue weighted by atomic mass is 35.6. The summed E-state index contributed by atoms with van der Waals surface area (Å²) in [6.45, 7) is 0. The number of hydrogen-bond acceptors (Lipinski definition) is 2. The highest BCUT2D eigenvalue weighted by molar-refractivity contribution is 6.68. The average Bonchev–Trinajstić information content (AvgIpc) is 2.42. The Morgan fingerprint density at radius 1 is 0.667 bits per heavy atom. The van der Waals surface area contributed by atoms with E-state index < -0.39 is 9.96 Å². The Bertz CT molecular complexity index is 530. The molecule has 0 saturated heterocycles. The zero-order valence-corrected chi connectivity index (χ0v) is 14.4. The number of anilines is 2. The third kappa shape index (κ3) is 5.32. The number of hydrogen-bond donors (Lipinski definition) is 2. The first-order chi connectivity index (χ1) is 9.84. The Labute approximate surface area is 148 Å². The quantitative estimate of drug-likeness (QED) is 0.483. The summed E-state index contributed by atoms with van der Waals surface area (Å²) < 4.78 is -1.56. The van der Waals surface area contributed by atoms with Gasteiger partial charge in [-0.1, -0.05) is 58.0 Å². The zero-order chi connectivity index (χ0) is 15.5. The van der Waals surface area contributed by atoms with Crippen LogP contribution >= 0.6 is 58.0 Å². The van der Waals surface area contributed by atoms with Crippen molar-refractivity contribution in [2.75, 3.05) is 10.6 Å². The summed E-state index contributed by atoms with van der Waals surface area (Å²) in [6, 6.07) is 14.2. The first-order valence-corrected chi connectivity index (χ1v) is 7.84. The van der Waals surface area contributed by atoms with Gasteiger partial charge in [-0.25, -0.2) is 0 Å². The number of rotatable bonds is 4. The van der Waals surface area contributed by atoms with Crippen LogP contribution in [-0.2, 0) is 0 Å². The molecule has 112 valence electrons. The van der Waals surface area contributed by atoms with E-state index in [4.69, 9.17) is 58.0 Å². The van der Waals surface area contributed by atoms with Gasteiger partial charge >= 0.3 is 0 Å². The van der Waals surface area contributed by atoms with Crippen molar-refractivity contribution in [1.29, 1.82) is 0 Å². The molecule has 2 nitrogen and oxygen atoms in total. The molecule has 2 rings (SSSR count). The van der Waals surface area contributed by atoms with E-state index in [-0.39, 0.29) is 0 Å².